The minimum absolute atomic E-state index is 0.0747. The van der Waals surface area contributed by atoms with E-state index in [-0.39, 0.29) is 5.92 Å². The van der Waals surface area contributed by atoms with E-state index in [1.54, 1.807) is 6.92 Å². The van der Waals surface area contributed by atoms with Crippen LogP contribution in [0.3, 0.4) is 0 Å². The van der Waals surface area contributed by atoms with Crippen LogP contribution in [-0.2, 0) is 13.0 Å². The number of hydrogen-bond donors (Lipinski definition) is 1. The van der Waals surface area contributed by atoms with Gasteiger partial charge in [0.15, 0.2) is 0 Å². The van der Waals surface area contributed by atoms with Crippen LogP contribution in [0.2, 0.25) is 0 Å². The van der Waals surface area contributed by atoms with Gasteiger partial charge >= 0.3 is 0 Å². The maximum absolute atomic E-state index is 10.9. The van der Waals surface area contributed by atoms with Gasteiger partial charge in [-0.3, -0.25) is 0 Å². The highest BCUT2D eigenvalue weighted by Crippen LogP contribution is 2.45. The van der Waals surface area contributed by atoms with Gasteiger partial charge in [0.05, 0.1) is 0 Å². The zero-order valence-electron chi connectivity index (χ0n) is 17.7. The number of rotatable bonds is 6. The molecule has 28 heavy (non-hydrogen) atoms. The van der Waals surface area contributed by atoms with Crippen molar-refractivity contribution in [3.05, 3.63) is 70.3 Å². The van der Waals surface area contributed by atoms with Crippen LogP contribution in [0.5, 0.6) is 11.5 Å². The third kappa shape index (κ3) is 4.10. The smallest absolute Gasteiger partial charge is 0.211 e. The summed E-state index contributed by atoms with van der Waals surface area (Å²) in [6.45, 7) is 10.7. The third-order valence-electron chi connectivity index (χ3n) is 5.78. The SMILES string of the molecule is CCC/C=C/C1Cc2c(C)c(OCc3ccccc3)c(C)c(C)c2OC1(C)O. The fourth-order valence-electron chi connectivity index (χ4n) is 3.85. The van der Waals surface area contributed by atoms with E-state index in [2.05, 4.69) is 45.1 Å². The minimum Gasteiger partial charge on any atom is -0.488 e. The fourth-order valence-corrected chi connectivity index (χ4v) is 3.85. The summed E-state index contributed by atoms with van der Waals surface area (Å²) in [5.74, 6) is 0.468. The fraction of sp³-hybridized carbons (Fsp3) is 0.440. The molecule has 2 atom stereocenters. The average Bonchev–Trinajstić information content (AvgIpc) is 2.68. The molecule has 1 aliphatic heterocycles. The van der Waals surface area contributed by atoms with Crippen molar-refractivity contribution in [1.82, 2.24) is 0 Å². The normalized spacial score (nSPS) is 21.4. The van der Waals surface area contributed by atoms with E-state index in [4.69, 9.17) is 9.47 Å². The van der Waals surface area contributed by atoms with Crippen LogP contribution in [0.15, 0.2) is 42.5 Å². The van der Waals surface area contributed by atoms with Crippen molar-refractivity contribution in [2.24, 2.45) is 5.92 Å². The quantitative estimate of drug-likeness (QED) is 0.643. The van der Waals surface area contributed by atoms with Gasteiger partial charge in [-0.2, -0.15) is 0 Å². The molecule has 1 heterocycles. The molecule has 3 rings (SSSR count). The Kier molecular flexibility index (Phi) is 6.14. The van der Waals surface area contributed by atoms with Crippen molar-refractivity contribution in [2.75, 3.05) is 0 Å². The Labute approximate surface area is 169 Å². The van der Waals surface area contributed by atoms with Gasteiger partial charge < -0.3 is 14.6 Å². The first-order valence-electron chi connectivity index (χ1n) is 10.2. The molecule has 0 aliphatic carbocycles. The van der Waals surface area contributed by atoms with Crippen LogP contribution >= 0.6 is 0 Å². The van der Waals surface area contributed by atoms with E-state index in [0.717, 1.165) is 58.6 Å². The molecule has 0 spiro atoms. The molecule has 3 nitrogen and oxygen atoms in total. The summed E-state index contributed by atoms with van der Waals surface area (Å²) in [5.41, 5.74) is 5.52. The van der Waals surface area contributed by atoms with Gasteiger partial charge in [-0.15, -0.1) is 0 Å². The van der Waals surface area contributed by atoms with Crippen LogP contribution in [-0.4, -0.2) is 10.9 Å². The van der Waals surface area contributed by atoms with Gasteiger partial charge in [0.2, 0.25) is 5.79 Å². The molecule has 1 aliphatic rings. The highest BCUT2D eigenvalue weighted by atomic mass is 16.6. The first kappa shape index (κ1) is 20.5. The number of hydrogen-bond acceptors (Lipinski definition) is 3. The Hall–Kier alpha value is -2.26. The summed E-state index contributed by atoms with van der Waals surface area (Å²) in [7, 11) is 0. The Morgan fingerprint density at radius 1 is 1.14 bits per heavy atom. The number of fused-ring (bicyclic) bond motifs is 1. The lowest BCUT2D eigenvalue weighted by Crippen LogP contribution is -2.44. The zero-order chi connectivity index (χ0) is 20.3. The molecule has 2 aromatic rings. The molecule has 1 N–H and O–H groups in total. The lowest BCUT2D eigenvalue weighted by Gasteiger charge is -2.39. The van der Waals surface area contributed by atoms with E-state index in [0.29, 0.717) is 6.61 Å². The third-order valence-corrected chi connectivity index (χ3v) is 5.78. The highest BCUT2D eigenvalue weighted by molar-refractivity contribution is 5.59. The van der Waals surface area contributed by atoms with E-state index < -0.39 is 5.79 Å². The Balaban J connectivity index is 1.94. The molecule has 3 heteroatoms. The predicted molar refractivity (Wildman–Crippen MR) is 114 cm³/mol. The molecular weight excluding hydrogens is 348 g/mol. The monoisotopic (exact) mass is 380 g/mol. The molecular formula is C25H32O3. The summed E-state index contributed by atoms with van der Waals surface area (Å²) < 4.78 is 12.4. The summed E-state index contributed by atoms with van der Waals surface area (Å²) >= 11 is 0. The van der Waals surface area contributed by atoms with Crippen molar-refractivity contribution in [3.63, 3.8) is 0 Å². The highest BCUT2D eigenvalue weighted by Gasteiger charge is 2.40. The summed E-state index contributed by atoms with van der Waals surface area (Å²) in [6.07, 6.45) is 7.11. The molecule has 2 aromatic carbocycles. The van der Waals surface area contributed by atoms with E-state index >= 15 is 0 Å². The maximum atomic E-state index is 10.9. The molecule has 0 aromatic heterocycles. The number of allylic oxidation sites excluding steroid dienone is 1. The topological polar surface area (TPSA) is 38.7 Å². The maximum Gasteiger partial charge on any atom is 0.211 e. The van der Waals surface area contributed by atoms with Crippen molar-refractivity contribution < 1.29 is 14.6 Å². The molecule has 0 saturated heterocycles. The molecule has 2 unspecified atom stereocenters. The first-order chi connectivity index (χ1) is 13.3. The number of aliphatic hydroxyl groups is 1. The van der Waals surface area contributed by atoms with Crippen molar-refractivity contribution in [1.29, 1.82) is 0 Å². The minimum atomic E-state index is -1.20. The lowest BCUT2D eigenvalue weighted by atomic mass is 9.84. The van der Waals surface area contributed by atoms with Gasteiger partial charge in [0, 0.05) is 18.4 Å². The van der Waals surface area contributed by atoms with Crippen LogP contribution in [0.1, 0.15) is 54.5 Å². The number of benzene rings is 2. The number of unbranched alkanes of at least 4 members (excludes halogenated alkanes) is 1. The summed E-state index contributed by atoms with van der Waals surface area (Å²) in [4.78, 5) is 0. The molecule has 0 saturated carbocycles. The molecule has 0 radical (unpaired) electrons. The van der Waals surface area contributed by atoms with E-state index in [1.165, 1.54) is 0 Å². The molecule has 0 bridgehead atoms. The average molecular weight is 381 g/mol. The Morgan fingerprint density at radius 3 is 2.54 bits per heavy atom. The van der Waals surface area contributed by atoms with Crippen molar-refractivity contribution in [2.45, 2.75) is 66.3 Å². The summed E-state index contributed by atoms with van der Waals surface area (Å²) in [6, 6.07) is 10.2. The second-order valence-corrected chi connectivity index (χ2v) is 7.97. The first-order valence-corrected chi connectivity index (χ1v) is 10.2. The van der Waals surface area contributed by atoms with Crippen LogP contribution in [0, 0.1) is 26.7 Å². The molecule has 150 valence electrons. The van der Waals surface area contributed by atoms with Crippen molar-refractivity contribution >= 4 is 0 Å². The van der Waals surface area contributed by atoms with E-state index in [1.807, 2.05) is 25.1 Å². The second-order valence-electron chi connectivity index (χ2n) is 7.97. The number of ether oxygens (including phenoxy) is 2. The second kappa shape index (κ2) is 8.40. The van der Waals surface area contributed by atoms with Gasteiger partial charge in [0.1, 0.15) is 18.1 Å². The van der Waals surface area contributed by atoms with Gasteiger partial charge in [-0.1, -0.05) is 55.8 Å². The van der Waals surface area contributed by atoms with Crippen LogP contribution < -0.4 is 9.47 Å². The predicted octanol–water partition coefficient (Wildman–Crippen LogP) is 5.81. The standard InChI is InChI=1S/C25H32O3/c1-6-7-9-14-21-15-22-19(4)23(27-16-20-12-10-8-11-13-20)17(2)18(3)24(22)28-25(21,5)26/h8-14,21,26H,6-7,15-16H2,1-5H3/b14-9+. The zero-order valence-corrected chi connectivity index (χ0v) is 17.7. The summed E-state index contributed by atoms with van der Waals surface area (Å²) in [5, 5.41) is 10.9. The molecule has 0 amide bonds. The van der Waals surface area contributed by atoms with Crippen LogP contribution in [0.4, 0.5) is 0 Å². The Bertz CT molecular complexity index is 850. The van der Waals surface area contributed by atoms with Gasteiger partial charge in [-0.25, -0.2) is 0 Å². The van der Waals surface area contributed by atoms with Gasteiger partial charge in [-0.05, 0) is 55.9 Å². The Morgan fingerprint density at radius 2 is 1.86 bits per heavy atom. The van der Waals surface area contributed by atoms with Crippen LogP contribution in [0.25, 0.3) is 0 Å². The van der Waals surface area contributed by atoms with Gasteiger partial charge in [0.25, 0.3) is 0 Å². The largest absolute Gasteiger partial charge is 0.488 e. The lowest BCUT2D eigenvalue weighted by molar-refractivity contribution is -0.159. The van der Waals surface area contributed by atoms with E-state index in [9.17, 15) is 5.11 Å². The molecule has 0 fully saturated rings. The van der Waals surface area contributed by atoms with Crippen molar-refractivity contribution in [3.8, 4) is 11.5 Å².